The maximum Gasteiger partial charge on any atom is 0.194 e. The number of nitrogens with zero attached hydrogens (tertiary/aromatic N) is 1. The van der Waals surface area contributed by atoms with Crippen molar-refractivity contribution in [1.29, 1.82) is 0 Å². The van der Waals surface area contributed by atoms with Crippen molar-refractivity contribution >= 4 is 18.2 Å². The summed E-state index contributed by atoms with van der Waals surface area (Å²) in [6, 6.07) is 5.82. The van der Waals surface area contributed by atoms with Crippen LogP contribution < -0.4 is 10.6 Å². The Hall–Kier alpha value is -0.970. The van der Waals surface area contributed by atoms with Crippen LogP contribution in [0.2, 0.25) is 0 Å². The first-order chi connectivity index (χ1) is 7.36. The standard InChI is InChI=1S/C11H15N3O.ClH/c15-11(10-3-1-2-5-13-10)8-14-9-4-6-12-7-9;/h1-3,5,9,12,14H,4,6-8H2;1H/t9-;/m0./s1. The summed E-state index contributed by atoms with van der Waals surface area (Å²) in [6.07, 6.45) is 2.74. The van der Waals surface area contributed by atoms with Crippen LogP contribution in [0.3, 0.4) is 0 Å². The van der Waals surface area contributed by atoms with Gasteiger partial charge in [-0.25, -0.2) is 0 Å². The van der Waals surface area contributed by atoms with Crippen molar-refractivity contribution in [3.05, 3.63) is 30.1 Å². The maximum absolute atomic E-state index is 11.7. The molecule has 1 atom stereocenters. The highest BCUT2D eigenvalue weighted by Crippen LogP contribution is 1.98. The van der Waals surface area contributed by atoms with E-state index < -0.39 is 0 Å². The van der Waals surface area contributed by atoms with Crippen LogP contribution in [0.1, 0.15) is 16.9 Å². The highest BCUT2D eigenvalue weighted by atomic mass is 35.5. The molecule has 2 rings (SSSR count). The predicted molar refractivity (Wildman–Crippen MR) is 65.1 cm³/mol. The summed E-state index contributed by atoms with van der Waals surface area (Å²) in [6.45, 7) is 2.37. The molecular weight excluding hydrogens is 226 g/mol. The Labute approximate surface area is 101 Å². The van der Waals surface area contributed by atoms with Gasteiger partial charge in [0.05, 0.1) is 6.54 Å². The summed E-state index contributed by atoms with van der Waals surface area (Å²) in [5.74, 6) is 0.0579. The fraction of sp³-hybridized carbons (Fsp3) is 0.455. The van der Waals surface area contributed by atoms with Crippen LogP contribution in [0.15, 0.2) is 24.4 Å². The average molecular weight is 242 g/mol. The highest BCUT2D eigenvalue weighted by Gasteiger charge is 2.15. The molecule has 0 aromatic carbocycles. The number of carbonyl (C=O) groups excluding carboxylic acids is 1. The van der Waals surface area contributed by atoms with Crippen LogP contribution in [-0.2, 0) is 0 Å². The van der Waals surface area contributed by atoms with Gasteiger partial charge in [-0.2, -0.15) is 0 Å². The van der Waals surface area contributed by atoms with E-state index in [1.54, 1.807) is 12.3 Å². The summed E-state index contributed by atoms with van der Waals surface area (Å²) < 4.78 is 0. The van der Waals surface area contributed by atoms with Crippen molar-refractivity contribution in [3.8, 4) is 0 Å². The molecule has 1 saturated heterocycles. The van der Waals surface area contributed by atoms with E-state index in [1.807, 2.05) is 12.1 Å². The third kappa shape index (κ3) is 3.56. The van der Waals surface area contributed by atoms with Crippen LogP contribution in [-0.4, -0.2) is 36.4 Å². The summed E-state index contributed by atoms with van der Waals surface area (Å²) >= 11 is 0. The second kappa shape index (κ2) is 6.58. The zero-order chi connectivity index (χ0) is 10.5. The molecule has 2 heterocycles. The molecule has 1 aromatic heterocycles. The van der Waals surface area contributed by atoms with Gasteiger partial charge in [0.25, 0.3) is 0 Å². The van der Waals surface area contributed by atoms with Crippen molar-refractivity contribution in [3.63, 3.8) is 0 Å². The van der Waals surface area contributed by atoms with Crippen molar-refractivity contribution < 1.29 is 4.79 Å². The minimum atomic E-state index is 0. The number of aromatic nitrogens is 1. The Balaban J connectivity index is 0.00000128. The summed E-state index contributed by atoms with van der Waals surface area (Å²) in [5.41, 5.74) is 0.538. The molecule has 0 spiro atoms. The second-order valence-electron chi connectivity index (χ2n) is 3.71. The fourth-order valence-corrected chi connectivity index (χ4v) is 1.68. The van der Waals surface area contributed by atoms with E-state index in [0.717, 1.165) is 19.5 Å². The fourth-order valence-electron chi connectivity index (χ4n) is 1.68. The molecule has 0 amide bonds. The zero-order valence-electron chi connectivity index (χ0n) is 8.98. The SMILES string of the molecule is Cl.O=C(CN[C@H]1CCNC1)c1ccccn1. The summed E-state index contributed by atoms with van der Waals surface area (Å²) in [5, 5.41) is 6.47. The number of Topliss-reactive ketones (excluding diaryl/α,β-unsaturated/α-hetero) is 1. The van der Waals surface area contributed by atoms with Gasteiger partial charge in [-0.05, 0) is 25.1 Å². The lowest BCUT2D eigenvalue weighted by atomic mass is 10.2. The Morgan fingerprint density at radius 3 is 3.06 bits per heavy atom. The minimum absolute atomic E-state index is 0. The number of hydrogen-bond donors (Lipinski definition) is 2. The topological polar surface area (TPSA) is 54.0 Å². The smallest absolute Gasteiger partial charge is 0.194 e. The molecule has 0 aliphatic carbocycles. The molecule has 2 N–H and O–H groups in total. The largest absolute Gasteiger partial charge is 0.315 e. The lowest BCUT2D eigenvalue weighted by Gasteiger charge is -2.09. The van der Waals surface area contributed by atoms with Crippen LogP contribution in [0, 0.1) is 0 Å². The predicted octanol–water partition coefficient (Wildman–Crippen LogP) is 0.638. The second-order valence-corrected chi connectivity index (χ2v) is 3.71. The third-order valence-electron chi connectivity index (χ3n) is 2.56. The first kappa shape index (κ1) is 13.1. The number of halogens is 1. The molecule has 0 unspecified atom stereocenters. The Morgan fingerprint density at radius 1 is 1.56 bits per heavy atom. The first-order valence-corrected chi connectivity index (χ1v) is 5.24. The molecule has 0 radical (unpaired) electrons. The summed E-state index contributed by atoms with van der Waals surface area (Å²) in [4.78, 5) is 15.7. The van der Waals surface area contributed by atoms with Gasteiger partial charge in [0.2, 0.25) is 0 Å². The molecule has 88 valence electrons. The van der Waals surface area contributed by atoms with E-state index in [1.165, 1.54) is 0 Å². The van der Waals surface area contributed by atoms with E-state index in [9.17, 15) is 4.79 Å². The molecule has 0 saturated carbocycles. The first-order valence-electron chi connectivity index (χ1n) is 5.24. The van der Waals surface area contributed by atoms with Gasteiger partial charge in [0.15, 0.2) is 5.78 Å². The van der Waals surface area contributed by atoms with Crippen LogP contribution in [0.5, 0.6) is 0 Å². The highest BCUT2D eigenvalue weighted by molar-refractivity contribution is 5.95. The van der Waals surface area contributed by atoms with Crippen LogP contribution >= 0.6 is 12.4 Å². The van der Waals surface area contributed by atoms with Gasteiger partial charge in [-0.1, -0.05) is 6.07 Å². The molecule has 4 nitrogen and oxygen atoms in total. The van der Waals surface area contributed by atoms with Gasteiger partial charge in [-0.3, -0.25) is 9.78 Å². The number of nitrogens with one attached hydrogen (secondary N) is 2. The van der Waals surface area contributed by atoms with E-state index in [4.69, 9.17) is 0 Å². The van der Waals surface area contributed by atoms with Crippen molar-refractivity contribution in [2.45, 2.75) is 12.5 Å². The molecule has 1 fully saturated rings. The van der Waals surface area contributed by atoms with E-state index in [0.29, 0.717) is 18.3 Å². The Morgan fingerprint density at radius 2 is 2.44 bits per heavy atom. The van der Waals surface area contributed by atoms with Gasteiger partial charge < -0.3 is 10.6 Å². The zero-order valence-corrected chi connectivity index (χ0v) is 9.80. The van der Waals surface area contributed by atoms with Gasteiger partial charge in [-0.15, -0.1) is 12.4 Å². The van der Waals surface area contributed by atoms with Crippen molar-refractivity contribution in [2.75, 3.05) is 19.6 Å². The molecule has 0 bridgehead atoms. The maximum atomic E-state index is 11.7. The lowest BCUT2D eigenvalue weighted by Crippen LogP contribution is -2.35. The summed E-state index contributed by atoms with van der Waals surface area (Å²) in [7, 11) is 0. The molecule has 1 aromatic rings. The number of carbonyl (C=O) groups is 1. The molecular formula is C11H16ClN3O. The lowest BCUT2D eigenvalue weighted by molar-refractivity contribution is 0.0983. The molecule has 16 heavy (non-hydrogen) atoms. The monoisotopic (exact) mass is 241 g/mol. The van der Waals surface area contributed by atoms with Crippen molar-refractivity contribution in [1.82, 2.24) is 15.6 Å². The quantitative estimate of drug-likeness (QED) is 0.760. The Kier molecular flexibility index (Phi) is 5.38. The minimum Gasteiger partial charge on any atom is -0.315 e. The molecule has 1 aliphatic heterocycles. The van der Waals surface area contributed by atoms with E-state index in [-0.39, 0.29) is 18.2 Å². The van der Waals surface area contributed by atoms with Gasteiger partial charge in [0, 0.05) is 18.8 Å². The molecule has 1 aliphatic rings. The molecule has 5 heteroatoms. The normalized spacial score (nSPS) is 19.1. The van der Waals surface area contributed by atoms with E-state index >= 15 is 0 Å². The van der Waals surface area contributed by atoms with Crippen molar-refractivity contribution in [2.24, 2.45) is 0 Å². The number of rotatable bonds is 4. The number of hydrogen-bond acceptors (Lipinski definition) is 4. The van der Waals surface area contributed by atoms with E-state index in [2.05, 4.69) is 15.6 Å². The van der Waals surface area contributed by atoms with Gasteiger partial charge >= 0.3 is 0 Å². The average Bonchev–Trinajstić information content (AvgIpc) is 2.80. The Bertz CT molecular complexity index is 325. The van der Waals surface area contributed by atoms with Crippen LogP contribution in [0.4, 0.5) is 0 Å². The third-order valence-corrected chi connectivity index (χ3v) is 2.56. The number of ketones is 1. The van der Waals surface area contributed by atoms with Crippen LogP contribution in [0.25, 0.3) is 0 Å². The van der Waals surface area contributed by atoms with Gasteiger partial charge in [0.1, 0.15) is 5.69 Å². The number of pyridine rings is 1.